The normalized spacial score (nSPS) is 14.5. The highest BCUT2D eigenvalue weighted by molar-refractivity contribution is 5.80. The number of amides is 1. The van der Waals surface area contributed by atoms with Crippen molar-refractivity contribution in [2.75, 3.05) is 13.1 Å². The lowest BCUT2D eigenvalue weighted by molar-refractivity contribution is -0.134. The largest absolute Gasteiger partial charge is 0.390 e. The molecule has 2 atom stereocenters. The smallest absolute Gasteiger partial charge is 0.251 e. The molecule has 0 spiro atoms. The molecule has 108 valence electrons. The highest BCUT2D eigenvalue weighted by Gasteiger charge is 2.19. The monoisotopic (exact) mass is 268 g/mol. The van der Waals surface area contributed by atoms with Gasteiger partial charge in [-0.2, -0.15) is 0 Å². The van der Waals surface area contributed by atoms with Gasteiger partial charge in [-0.3, -0.25) is 4.79 Å². The molecular weight excluding hydrogens is 244 g/mol. The quantitative estimate of drug-likeness (QED) is 0.362. The Hall–Kier alpha value is -1.59. The Morgan fingerprint density at radius 1 is 1.26 bits per heavy atom. The van der Waals surface area contributed by atoms with E-state index in [4.69, 9.17) is 5.11 Å². The summed E-state index contributed by atoms with van der Waals surface area (Å²) in [6, 6.07) is 0. The first kappa shape index (κ1) is 17.4. The van der Waals surface area contributed by atoms with E-state index >= 15 is 0 Å². The number of allylic oxidation sites excluding steroid dienone is 4. The van der Waals surface area contributed by atoms with E-state index in [1.54, 1.807) is 0 Å². The summed E-state index contributed by atoms with van der Waals surface area (Å²) in [5.41, 5.74) is 0.799. The topological polar surface area (TPSA) is 81.6 Å². The number of rotatable bonds is 9. The number of nitrogens with one attached hydrogen (secondary N) is 2. The van der Waals surface area contributed by atoms with E-state index < -0.39 is 18.1 Å². The second-order valence-electron chi connectivity index (χ2n) is 4.17. The van der Waals surface area contributed by atoms with Crippen molar-refractivity contribution < 1.29 is 15.0 Å². The van der Waals surface area contributed by atoms with Crippen LogP contribution in [0.2, 0.25) is 0 Å². The summed E-state index contributed by atoms with van der Waals surface area (Å²) in [4.78, 5) is 11.3. The van der Waals surface area contributed by atoms with Crippen molar-refractivity contribution in [3.05, 3.63) is 36.6 Å². The van der Waals surface area contributed by atoms with Gasteiger partial charge in [0.2, 0.25) is 0 Å². The molecule has 0 unspecified atom stereocenters. The van der Waals surface area contributed by atoms with Crippen LogP contribution in [-0.2, 0) is 4.79 Å². The van der Waals surface area contributed by atoms with E-state index in [-0.39, 0.29) is 0 Å². The number of carbonyl (C=O) groups excluding carboxylic acids is 1. The molecule has 0 rings (SSSR count). The zero-order valence-corrected chi connectivity index (χ0v) is 11.6. The zero-order chi connectivity index (χ0) is 14.7. The van der Waals surface area contributed by atoms with E-state index in [9.17, 15) is 9.90 Å². The highest BCUT2D eigenvalue weighted by Crippen LogP contribution is 1.92. The number of aliphatic hydroxyl groups is 2. The van der Waals surface area contributed by atoms with Gasteiger partial charge in [-0.25, -0.2) is 0 Å². The fraction of sp³-hybridized carbons (Fsp3) is 0.500. The Bertz CT molecular complexity index is 336. The van der Waals surface area contributed by atoms with Crippen LogP contribution < -0.4 is 10.6 Å². The van der Waals surface area contributed by atoms with Gasteiger partial charge in [0.05, 0.1) is 6.10 Å². The molecule has 4 N–H and O–H groups in total. The molecule has 0 saturated carbocycles. The first-order valence-electron chi connectivity index (χ1n) is 6.35. The fourth-order valence-corrected chi connectivity index (χ4v) is 1.21. The van der Waals surface area contributed by atoms with Gasteiger partial charge in [0.25, 0.3) is 5.91 Å². The van der Waals surface area contributed by atoms with Crippen molar-refractivity contribution in [2.24, 2.45) is 0 Å². The van der Waals surface area contributed by atoms with E-state index in [0.29, 0.717) is 19.5 Å². The van der Waals surface area contributed by atoms with Crippen molar-refractivity contribution in [1.82, 2.24) is 10.6 Å². The summed E-state index contributed by atoms with van der Waals surface area (Å²) in [7, 11) is 0. The first-order chi connectivity index (χ1) is 8.99. The van der Waals surface area contributed by atoms with Gasteiger partial charge in [0.15, 0.2) is 6.10 Å². The van der Waals surface area contributed by atoms with E-state index in [1.165, 1.54) is 6.92 Å². The van der Waals surface area contributed by atoms with Crippen LogP contribution in [0, 0.1) is 0 Å². The molecule has 0 heterocycles. The Kier molecular flexibility index (Phi) is 9.48. The number of hydrogen-bond donors (Lipinski definition) is 4. The van der Waals surface area contributed by atoms with Crippen LogP contribution >= 0.6 is 0 Å². The molecule has 0 fully saturated rings. The summed E-state index contributed by atoms with van der Waals surface area (Å²) in [5, 5.41) is 23.9. The molecule has 19 heavy (non-hydrogen) atoms. The van der Waals surface area contributed by atoms with Crippen LogP contribution in [0.4, 0.5) is 0 Å². The maximum absolute atomic E-state index is 11.3. The summed E-state index contributed by atoms with van der Waals surface area (Å²) in [6.07, 6.45) is 5.85. The molecule has 0 aromatic heterocycles. The minimum absolute atomic E-state index is 0.432. The van der Waals surface area contributed by atoms with Crippen LogP contribution in [0.3, 0.4) is 0 Å². The Labute approximate surface area is 114 Å². The van der Waals surface area contributed by atoms with Crippen LogP contribution in [0.1, 0.15) is 20.3 Å². The third-order valence-corrected chi connectivity index (χ3v) is 2.33. The minimum atomic E-state index is -1.37. The van der Waals surface area contributed by atoms with E-state index in [0.717, 1.165) is 5.70 Å². The van der Waals surface area contributed by atoms with Crippen LogP contribution in [0.25, 0.3) is 0 Å². The molecule has 0 bridgehead atoms. The lowest BCUT2D eigenvalue weighted by Gasteiger charge is -2.13. The molecule has 0 aliphatic heterocycles. The van der Waals surface area contributed by atoms with Crippen molar-refractivity contribution in [3.8, 4) is 0 Å². The third kappa shape index (κ3) is 9.04. The predicted octanol–water partition coefficient (Wildman–Crippen LogP) is 0.470. The summed E-state index contributed by atoms with van der Waals surface area (Å²) in [6.45, 7) is 8.22. The van der Waals surface area contributed by atoms with Gasteiger partial charge in [-0.15, -0.1) is 0 Å². The third-order valence-electron chi connectivity index (χ3n) is 2.33. The number of hydrogen-bond acceptors (Lipinski definition) is 4. The standard InChI is InChI=1S/C14H24N2O3/c1-4-5-6-8-11(2)15-9-7-10-16-14(19)13(18)12(3)17/h4-6,8,12-13,15,17-18H,2,7,9-10H2,1,3H3,(H,16,19)/b5-4-,8-6-/t12-,13+/m0/s1. The molecule has 5 nitrogen and oxygen atoms in total. The summed E-state index contributed by atoms with van der Waals surface area (Å²) >= 11 is 0. The van der Waals surface area contributed by atoms with Crippen LogP contribution in [0.15, 0.2) is 36.6 Å². The van der Waals surface area contributed by atoms with Crippen molar-refractivity contribution in [2.45, 2.75) is 32.5 Å². The molecule has 0 aliphatic rings. The van der Waals surface area contributed by atoms with Gasteiger partial charge < -0.3 is 20.8 Å². The van der Waals surface area contributed by atoms with Gasteiger partial charge in [-0.05, 0) is 26.3 Å². The maximum atomic E-state index is 11.3. The lowest BCUT2D eigenvalue weighted by atomic mass is 10.2. The fourth-order valence-electron chi connectivity index (χ4n) is 1.21. The summed E-state index contributed by atoms with van der Waals surface area (Å²) in [5.74, 6) is -0.554. The SMILES string of the molecule is C=C(/C=C\C=C/C)NCCCNC(=O)[C@H](O)[C@H](C)O. The zero-order valence-electron chi connectivity index (χ0n) is 11.6. The predicted molar refractivity (Wildman–Crippen MR) is 76.4 cm³/mol. The number of aliphatic hydroxyl groups excluding tert-OH is 2. The van der Waals surface area contributed by atoms with Gasteiger partial charge in [0.1, 0.15) is 0 Å². The van der Waals surface area contributed by atoms with E-state index in [2.05, 4.69) is 17.2 Å². The Balaban J connectivity index is 3.65. The molecular formula is C14H24N2O3. The van der Waals surface area contributed by atoms with Gasteiger partial charge in [0, 0.05) is 18.8 Å². The van der Waals surface area contributed by atoms with E-state index in [1.807, 2.05) is 31.2 Å². The molecule has 0 radical (unpaired) electrons. The summed E-state index contributed by atoms with van der Waals surface area (Å²) < 4.78 is 0. The van der Waals surface area contributed by atoms with Crippen LogP contribution in [-0.4, -0.2) is 41.4 Å². The lowest BCUT2D eigenvalue weighted by Crippen LogP contribution is -2.41. The van der Waals surface area contributed by atoms with Gasteiger partial charge >= 0.3 is 0 Å². The molecule has 5 heteroatoms. The van der Waals surface area contributed by atoms with Crippen molar-refractivity contribution in [3.63, 3.8) is 0 Å². The molecule has 0 aromatic rings. The maximum Gasteiger partial charge on any atom is 0.251 e. The minimum Gasteiger partial charge on any atom is -0.390 e. The first-order valence-corrected chi connectivity index (χ1v) is 6.35. The Morgan fingerprint density at radius 3 is 2.47 bits per heavy atom. The average molecular weight is 268 g/mol. The van der Waals surface area contributed by atoms with Gasteiger partial charge in [-0.1, -0.05) is 24.8 Å². The highest BCUT2D eigenvalue weighted by atomic mass is 16.3. The molecule has 1 amide bonds. The van der Waals surface area contributed by atoms with Crippen molar-refractivity contribution >= 4 is 5.91 Å². The molecule has 0 aliphatic carbocycles. The number of carbonyl (C=O) groups is 1. The second kappa shape index (κ2) is 10.3. The molecule has 0 saturated heterocycles. The van der Waals surface area contributed by atoms with Crippen LogP contribution in [0.5, 0.6) is 0 Å². The van der Waals surface area contributed by atoms with Crippen molar-refractivity contribution in [1.29, 1.82) is 0 Å². The average Bonchev–Trinajstić information content (AvgIpc) is 2.37. The second-order valence-corrected chi connectivity index (χ2v) is 4.17. The Morgan fingerprint density at radius 2 is 1.89 bits per heavy atom. The molecule has 0 aromatic carbocycles.